The Morgan fingerprint density at radius 3 is 1.62 bits per heavy atom. The van der Waals surface area contributed by atoms with Gasteiger partial charge in [-0.15, -0.1) is 0 Å². The maximum atomic E-state index is 11.1. The van der Waals surface area contributed by atoms with Gasteiger partial charge in [-0.3, -0.25) is 24.5 Å². The van der Waals surface area contributed by atoms with Crippen LogP contribution in [0.2, 0.25) is 0 Å². The van der Waals surface area contributed by atoms with Gasteiger partial charge in [0.25, 0.3) is 0 Å². The van der Waals surface area contributed by atoms with Crippen LogP contribution in [0.4, 0.5) is 0 Å². The lowest BCUT2D eigenvalue weighted by Crippen LogP contribution is -1.89. The first-order valence-electron chi connectivity index (χ1n) is 10.0. The molecule has 0 atom stereocenters. The number of hydrogen-bond donors (Lipinski definition) is 0. The number of carbonyl (C=O) groups is 2. The standard InChI is InChI=1S/2C7H7NO.C7H7N/c2*1-6(9)7-2-4-8-5-3-7;1-2-7-3-5-8-6-4-7/h2*2-5H,1H3;2-6H,1H2/i1D3;;1D2. The molecule has 3 heterocycles. The van der Waals surface area contributed by atoms with Crippen molar-refractivity contribution in [1.29, 1.82) is 0 Å². The van der Waals surface area contributed by atoms with Crippen LogP contribution in [0, 0.1) is 0 Å². The maximum absolute atomic E-state index is 11.1. The van der Waals surface area contributed by atoms with Crippen LogP contribution in [-0.4, -0.2) is 26.5 Å². The Balaban J connectivity index is 0.000000235. The Morgan fingerprint density at radius 2 is 1.27 bits per heavy atom. The summed E-state index contributed by atoms with van der Waals surface area (Å²) >= 11 is 0. The van der Waals surface area contributed by atoms with Crippen LogP contribution in [0.15, 0.2) is 80.1 Å². The molecule has 26 heavy (non-hydrogen) atoms. The van der Waals surface area contributed by atoms with E-state index in [0.717, 1.165) is 5.56 Å². The highest BCUT2D eigenvalue weighted by atomic mass is 16.1. The highest BCUT2D eigenvalue weighted by Crippen LogP contribution is 1.96. The summed E-state index contributed by atoms with van der Waals surface area (Å²) in [7, 11) is 0. The third-order valence-corrected chi connectivity index (χ3v) is 2.90. The van der Waals surface area contributed by atoms with Gasteiger partial charge in [0.15, 0.2) is 11.6 Å². The van der Waals surface area contributed by atoms with Crippen LogP contribution in [-0.2, 0) is 0 Å². The van der Waals surface area contributed by atoms with Crippen molar-refractivity contribution in [1.82, 2.24) is 15.0 Å². The Hall–Kier alpha value is -3.47. The molecule has 0 bridgehead atoms. The van der Waals surface area contributed by atoms with Gasteiger partial charge in [0.2, 0.25) is 0 Å². The lowest BCUT2D eigenvalue weighted by molar-refractivity contribution is 0.100. The Labute approximate surface area is 160 Å². The van der Waals surface area contributed by atoms with Gasteiger partial charge in [-0.05, 0) is 55.7 Å². The quantitative estimate of drug-likeness (QED) is 0.657. The van der Waals surface area contributed by atoms with Crippen molar-refractivity contribution in [3.05, 3.63) is 96.8 Å². The molecule has 0 aromatic carbocycles. The van der Waals surface area contributed by atoms with Crippen molar-refractivity contribution in [2.75, 3.05) is 0 Å². The summed E-state index contributed by atoms with van der Waals surface area (Å²) in [5, 5.41) is 0. The van der Waals surface area contributed by atoms with Crippen molar-refractivity contribution in [3.63, 3.8) is 0 Å². The lowest BCUT2D eigenvalue weighted by atomic mass is 10.2. The first kappa shape index (κ1) is 13.8. The van der Waals surface area contributed by atoms with E-state index >= 15 is 0 Å². The summed E-state index contributed by atoms with van der Waals surface area (Å²) in [6.07, 6.45) is 10.7. The van der Waals surface area contributed by atoms with E-state index in [9.17, 15) is 9.59 Å². The van der Waals surface area contributed by atoms with E-state index in [-0.39, 0.29) is 17.9 Å². The molecule has 0 radical (unpaired) electrons. The molecule has 0 N–H and O–H groups in total. The molecule has 132 valence electrons. The Kier molecular flexibility index (Phi) is 6.35. The molecule has 0 aliphatic heterocycles. The molecule has 0 aliphatic carbocycles. The summed E-state index contributed by atoms with van der Waals surface area (Å²) in [6.45, 7) is -1.21. The molecule has 5 nitrogen and oxygen atoms in total. The van der Waals surface area contributed by atoms with Crippen LogP contribution in [0.25, 0.3) is 6.08 Å². The van der Waals surface area contributed by atoms with Crippen molar-refractivity contribution in [2.24, 2.45) is 0 Å². The number of ketones is 2. The Bertz CT molecular complexity index is 976. The molecule has 3 aromatic rings. The van der Waals surface area contributed by atoms with Gasteiger partial charge < -0.3 is 0 Å². The van der Waals surface area contributed by atoms with Gasteiger partial charge in [0, 0.05) is 52.4 Å². The highest BCUT2D eigenvalue weighted by molar-refractivity contribution is 5.94. The average molecular weight is 352 g/mol. The van der Waals surface area contributed by atoms with E-state index < -0.39 is 12.6 Å². The van der Waals surface area contributed by atoms with Gasteiger partial charge >= 0.3 is 0 Å². The minimum Gasteiger partial charge on any atom is -0.295 e. The number of aromatic nitrogens is 3. The molecule has 0 amide bonds. The predicted octanol–water partition coefficient (Wildman–Crippen LogP) is 4.29. The first-order valence-corrected chi connectivity index (χ1v) is 7.52. The maximum Gasteiger partial charge on any atom is 0.159 e. The van der Waals surface area contributed by atoms with Gasteiger partial charge in [-0.25, -0.2) is 0 Å². The van der Waals surface area contributed by atoms with Crippen LogP contribution in [0.1, 0.15) is 46.9 Å². The minimum atomic E-state index is -2.55. The number of hydrogen-bond acceptors (Lipinski definition) is 5. The van der Waals surface area contributed by atoms with Crippen molar-refractivity contribution >= 4 is 17.6 Å². The number of rotatable bonds is 3. The van der Waals surface area contributed by atoms with Crippen LogP contribution in [0.3, 0.4) is 0 Å². The molecule has 5 heteroatoms. The number of Topliss-reactive ketones (excluding diaryl/α,β-unsaturated/α-hetero) is 2. The Morgan fingerprint density at radius 1 is 0.846 bits per heavy atom. The lowest BCUT2D eigenvalue weighted by Gasteiger charge is -1.88. The zero-order chi connectivity index (χ0) is 23.3. The fourth-order valence-corrected chi connectivity index (χ4v) is 1.55. The molecule has 3 aromatic heterocycles. The van der Waals surface area contributed by atoms with Crippen molar-refractivity contribution in [2.45, 2.75) is 13.8 Å². The molecule has 0 unspecified atom stereocenters. The third kappa shape index (κ3) is 8.40. The van der Waals surface area contributed by atoms with E-state index in [4.69, 9.17) is 6.85 Å². The molecule has 0 spiro atoms. The van der Waals surface area contributed by atoms with Gasteiger partial charge in [-0.2, -0.15) is 0 Å². The summed E-state index contributed by atoms with van der Waals surface area (Å²) in [5.74, 6) is -0.762. The van der Waals surface area contributed by atoms with Crippen molar-refractivity contribution in [3.8, 4) is 0 Å². The minimum absolute atomic E-state index is 0.0809. The third-order valence-electron chi connectivity index (χ3n) is 2.90. The summed E-state index contributed by atoms with van der Waals surface area (Å²) < 4.78 is 34.2. The SMILES string of the molecule is CC(=O)c1ccncc1.[2H]C([2H])([2H])C(=O)c1ccncc1.[2H]C([2H])=Cc1ccncc1. The second-order valence-electron chi connectivity index (χ2n) is 4.78. The summed E-state index contributed by atoms with van der Waals surface area (Å²) in [6, 6.07) is 9.67. The van der Waals surface area contributed by atoms with E-state index in [1.807, 2.05) is 0 Å². The second kappa shape index (κ2) is 12.0. The largest absolute Gasteiger partial charge is 0.295 e. The zero-order valence-electron chi connectivity index (χ0n) is 19.2. The molecule has 0 fully saturated rings. The molecule has 0 saturated carbocycles. The molecular weight excluding hydrogens is 326 g/mol. The topological polar surface area (TPSA) is 72.8 Å². The number of pyridine rings is 3. The monoisotopic (exact) mass is 352 g/mol. The van der Waals surface area contributed by atoms with E-state index in [2.05, 4.69) is 15.0 Å². The zero-order valence-corrected chi connectivity index (χ0v) is 14.2. The van der Waals surface area contributed by atoms with Gasteiger partial charge in [0.05, 0.1) is 2.74 Å². The average Bonchev–Trinajstić information content (AvgIpc) is 2.75. The first-order chi connectivity index (χ1) is 14.6. The number of carbonyl (C=O) groups excluding carboxylic acids is 2. The molecule has 0 saturated heterocycles. The van der Waals surface area contributed by atoms with Crippen LogP contribution >= 0.6 is 0 Å². The molecular formula is C21H21N3O2. The smallest absolute Gasteiger partial charge is 0.159 e. The van der Waals surface area contributed by atoms with E-state index in [1.165, 1.54) is 37.5 Å². The van der Waals surface area contributed by atoms with Crippen molar-refractivity contribution < 1.29 is 16.4 Å². The number of nitrogens with zero attached hydrogens (tertiary/aromatic N) is 3. The van der Waals surface area contributed by atoms with Gasteiger partial charge in [-0.1, -0.05) is 12.6 Å². The van der Waals surface area contributed by atoms with Crippen LogP contribution in [0.5, 0.6) is 0 Å². The van der Waals surface area contributed by atoms with E-state index in [0.29, 0.717) is 5.56 Å². The van der Waals surface area contributed by atoms with Crippen LogP contribution < -0.4 is 0 Å². The summed E-state index contributed by atoms with van der Waals surface area (Å²) in [5.41, 5.74) is 1.73. The fourth-order valence-electron chi connectivity index (χ4n) is 1.55. The summed E-state index contributed by atoms with van der Waals surface area (Å²) in [4.78, 5) is 32.9. The normalized spacial score (nSPS) is 12.0. The molecule has 0 aliphatic rings. The predicted molar refractivity (Wildman–Crippen MR) is 103 cm³/mol. The fraction of sp³-hybridized carbons (Fsp3) is 0.0952. The highest BCUT2D eigenvalue weighted by Gasteiger charge is 1.94. The van der Waals surface area contributed by atoms with E-state index in [1.54, 1.807) is 49.1 Å². The molecule has 3 rings (SSSR count). The van der Waals surface area contributed by atoms with Gasteiger partial charge in [0.1, 0.15) is 0 Å². The second-order valence-corrected chi connectivity index (χ2v) is 4.78.